The highest BCUT2D eigenvalue weighted by Crippen LogP contribution is 2.15. The largest absolute Gasteiger partial charge is 0.326 e. The van der Waals surface area contributed by atoms with Crippen LogP contribution >= 0.6 is 0 Å². The summed E-state index contributed by atoms with van der Waals surface area (Å²) in [5.41, 5.74) is 11.0. The third-order valence-electron chi connectivity index (χ3n) is 4.11. The van der Waals surface area contributed by atoms with Crippen LogP contribution in [-0.2, 0) is 6.54 Å². The number of rotatable bonds is 4. The average Bonchev–Trinajstić information content (AvgIpc) is 3.01. The fourth-order valence-electron chi connectivity index (χ4n) is 3.09. The molecule has 2 atom stereocenters. The molecule has 4 heteroatoms. The summed E-state index contributed by atoms with van der Waals surface area (Å²) in [6, 6.07) is 11.7. The van der Waals surface area contributed by atoms with Gasteiger partial charge in [0.05, 0.1) is 0 Å². The van der Waals surface area contributed by atoms with Crippen molar-refractivity contribution in [2.75, 3.05) is 26.2 Å². The molecule has 2 saturated heterocycles. The van der Waals surface area contributed by atoms with Gasteiger partial charge in [0.15, 0.2) is 0 Å². The molecule has 0 aromatic heterocycles. The Morgan fingerprint density at radius 2 is 1.95 bits per heavy atom. The Balaban J connectivity index is 1.45. The quantitative estimate of drug-likeness (QED) is 0.840. The lowest BCUT2D eigenvalue weighted by molar-refractivity contribution is 0.191. The molecule has 2 aliphatic heterocycles. The van der Waals surface area contributed by atoms with E-state index < -0.39 is 0 Å². The third-order valence-corrected chi connectivity index (χ3v) is 4.11. The van der Waals surface area contributed by atoms with Gasteiger partial charge in [-0.25, -0.2) is 5.01 Å². The summed E-state index contributed by atoms with van der Waals surface area (Å²) in [4.78, 5) is 2.53. The van der Waals surface area contributed by atoms with Crippen LogP contribution in [0.15, 0.2) is 30.3 Å². The minimum Gasteiger partial charge on any atom is -0.326 e. The highest BCUT2D eigenvalue weighted by Gasteiger charge is 2.26. The second kappa shape index (κ2) is 6.01. The smallest absolute Gasteiger partial charge is 0.0354 e. The molecule has 0 aliphatic carbocycles. The van der Waals surface area contributed by atoms with Crippen LogP contribution in [0.3, 0.4) is 0 Å². The molecule has 2 unspecified atom stereocenters. The number of nitrogens with one attached hydrogen (secondary N) is 1. The van der Waals surface area contributed by atoms with Crippen molar-refractivity contribution in [1.82, 2.24) is 15.3 Å². The summed E-state index contributed by atoms with van der Waals surface area (Å²) in [6.07, 6.45) is 2.35. The van der Waals surface area contributed by atoms with E-state index in [2.05, 4.69) is 45.7 Å². The van der Waals surface area contributed by atoms with Gasteiger partial charge in [0, 0.05) is 44.8 Å². The molecule has 2 heterocycles. The maximum Gasteiger partial charge on any atom is 0.0354 e. The average molecular weight is 260 g/mol. The third kappa shape index (κ3) is 3.54. The van der Waals surface area contributed by atoms with Crippen molar-refractivity contribution < 1.29 is 0 Å². The van der Waals surface area contributed by atoms with Crippen molar-refractivity contribution in [1.29, 1.82) is 0 Å². The first-order valence-electron chi connectivity index (χ1n) is 7.32. The first kappa shape index (κ1) is 13.1. The normalized spacial score (nSPS) is 29.1. The van der Waals surface area contributed by atoms with Gasteiger partial charge in [-0.2, -0.15) is 0 Å². The van der Waals surface area contributed by atoms with E-state index in [1.54, 1.807) is 0 Å². The Bertz CT molecular complexity index is 394. The van der Waals surface area contributed by atoms with Gasteiger partial charge in [-0.15, -0.1) is 0 Å². The predicted molar refractivity (Wildman–Crippen MR) is 77.4 cm³/mol. The molecule has 0 spiro atoms. The lowest BCUT2D eigenvalue weighted by atomic mass is 10.2. The standard InChI is InChI=1S/C15H24N4/c16-14-6-9-19(11-14)17-15-7-8-18(12-15)10-13-4-2-1-3-5-13/h1-5,14-15,17H,6-12,16H2. The first-order valence-corrected chi connectivity index (χ1v) is 7.32. The van der Waals surface area contributed by atoms with Crippen molar-refractivity contribution >= 4 is 0 Å². The fraction of sp³-hybridized carbons (Fsp3) is 0.600. The SMILES string of the molecule is NC1CCN(NC2CCN(Cc3ccccc3)C2)C1. The Kier molecular flexibility index (Phi) is 4.13. The van der Waals surface area contributed by atoms with Gasteiger partial charge in [0.2, 0.25) is 0 Å². The second-order valence-corrected chi connectivity index (χ2v) is 5.83. The van der Waals surface area contributed by atoms with Crippen LogP contribution in [0.2, 0.25) is 0 Å². The molecule has 3 rings (SSSR count). The van der Waals surface area contributed by atoms with Gasteiger partial charge < -0.3 is 5.73 Å². The molecule has 1 aromatic carbocycles. The lowest BCUT2D eigenvalue weighted by Gasteiger charge is -2.22. The van der Waals surface area contributed by atoms with Crippen molar-refractivity contribution in [2.24, 2.45) is 5.73 Å². The van der Waals surface area contributed by atoms with Crippen LogP contribution in [0.25, 0.3) is 0 Å². The van der Waals surface area contributed by atoms with Gasteiger partial charge in [-0.05, 0) is 18.4 Å². The van der Waals surface area contributed by atoms with E-state index in [0.717, 1.165) is 32.6 Å². The zero-order chi connectivity index (χ0) is 13.1. The van der Waals surface area contributed by atoms with Crippen molar-refractivity contribution in [2.45, 2.75) is 31.5 Å². The number of hydrogen-bond acceptors (Lipinski definition) is 4. The number of likely N-dealkylation sites (tertiary alicyclic amines) is 1. The van der Waals surface area contributed by atoms with Gasteiger partial charge in [-0.3, -0.25) is 10.3 Å². The molecule has 4 nitrogen and oxygen atoms in total. The monoisotopic (exact) mass is 260 g/mol. The maximum atomic E-state index is 5.94. The van der Waals surface area contributed by atoms with Crippen LogP contribution < -0.4 is 11.2 Å². The summed E-state index contributed by atoms with van der Waals surface area (Å²) in [5, 5.41) is 2.31. The highest BCUT2D eigenvalue weighted by molar-refractivity contribution is 5.14. The minimum atomic E-state index is 0.356. The van der Waals surface area contributed by atoms with Crippen molar-refractivity contribution in [3.05, 3.63) is 35.9 Å². The van der Waals surface area contributed by atoms with Crippen molar-refractivity contribution in [3.63, 3.8) is 0 Å². The summed E-state index contributed by atoms with van der Waals surface area (Å²) in [6.45, 7) is 5.48. The summed E-state index contributed by atoms with van der Waals surface area (Å²) < 4.78 is 0. The zero-order valence-electron chi connectivity index (χ0n) is 11.5. The van der Waals surface area contributed by atoms with Crippen LogP contribution in [-0.4, -0.2) is 48.2 Å². The first-order chi connectivity index (χ1) is 9.29. The van der Waals surface area contributed by atoms with Crippen LogP contribution in [0.5, 0.6) is 0 Å². The van der Waals surface area contributed by atoms with Gasteiger partial charge in [0.1, 0.15) is 0 Å². The molecule has 2 aliphatic rings. The summed E-state index contributed by atoms with van der Waals surface area (Å²) in [5.74, 6) is 0. The zero-order valence-corrected chi connectivity index (χ0v) is 11.5. The van der Waals surface area contributed by atoms with E-state index in [-0.39, 0.29) is 0 Å². The lowest BCUT2D eigenvalue weighted by Crippen LogP contribution is -2.45. The van der Waals surface area contributed by atoms with E-state index in [0.29, 0.717) is 12.1 Å². The van der Waals surface area contributed by atoms with E-state index in [1.165, 1.54) is 18.5 Å². The van der Waals surface area contributed by atoms with Crippen LogP contribution in [0, 0.1) is 0 Å². The Labute approximate surface area is 115 Å². The predicted octanol–water partition coefficient (Wildman–Crippen LogP) is 0.799. The van der Waals surface area contributed by atoms with Crippen LogP contribution in [0.1, 0.15) is 18.4 Å². The topological polar surface area (TPSA) is 44.5 Å². The number of nitrogens with two attached hydrogens (primary N) is 1. The molecular weight excluding hydrogens is 236 g/mol. The minimum absolute atomic E-state index is 0.356. The number of nitrogens with zero attached hydrogens (tertiary/aromatic N) is 2. The number of hydrazine groups is 1. The second-order valence-electron chi connectivity index (χ2n) is 5.83. The summed E-state index contributed by atoms with van der Waals surface area (Å²) in [7, 11) is 0. The fourth-order valence-corrected chi connectivity index (χ4v) is 3.09. The van der Waals surface area contributed by atoms with Crippen molar-refractivity contribution in [3.8, 4) is 0 Å². The Morgan fingerprint density at radius 1 is 1.11 bits per heavy atom. The molecule has 2 fully saturated rings. The molecule has 0 radical (unpaired) electrons. The van der Waals surface area contributed by atoms with Gasteiger partial charge in [-0.1, -0.05) is 30.3 Å². The van der Waals surface area contributed by atoms with Gasteiger partial charge in [0.25, 0.3) is 0 Å². The molecule has 1 aromatic rings. The molecule has 0 saturated carbocycles. The number of hydrogen-bond donors (Lipinski definition) is 2. The van der Waals surface area contributed by atoms with E-state index >= 15 is 0 Å². The number of benzene rings is 1. The van der Waals surface area contributed by atoms with E-state index in [9.17, 15) is 0 Å². The Morgan fingerprint density at radius 3 is 2.68 bits per heavy atom. The molecule has 19 heavy (non-hydrogen) atoms. The molecule has 104 valence electrons. The molecule has 0 bridgehead atoms. The van der Waals surface area contributed by atoms with E-state index in [4.69, 9.17) is 5.73 Å². The van der Waals surface area contributed by atoms with Gasteiger partial charge >= 0.3 is 0 Å². The Hall–Kier alpha value is -0.940. The van der Waals surface area contributed by atoms with Crippen LogP contribution in [0.4, 0.5) is 0 Å². The summed E-state index contributed by atoms with van der Waals surface area (Å²) >= 11 is 0. The molecule has 0 amide bonds. The van der Waals surface area contributed by atoms with E-state index in [1.807, 2.05) is 0 Å². The molecular formula is C15H24N4. The maximum absolute atomic E-state index is 5.94. The highest BCUT2D eigenvalue weighted by atomic mass is 15.5. The molecule has 3 N–H and O–H groups in total.